The maximum absolute atomic E-state index is 11.7. The molecule has 8 nitrogen and oxygen atoms in total. The molecule has 1 aromatic carbocycles. The third kappa shape index (κ3) is 3.97. The minimum atomic E-state index is -0.997. The highest BCUT2D eigenvalue weighted by Crippen LogP contribution is 2.34. The molecule has 160 valence electrons. The first-order chi connectivity index (χ1) is 13.6. The van der Waals surface area contributed by atoms with Gasteiger partial charge in [-0.05, 0) is 29.5 Å². The van der Waals surface area contributed by atoms with Gasteiger partial charge >= 0.3 is 12.1 Å². The Bertz CT molecular complexity index is 803. The summed E-state index contributed by atoms with van der Waals surface area (Å²) in [5.74, 6) is -0.345. The molecule has 2 aliphatic rings. The molecule has 0 aromatic heterocycles. The van der Waals surface area contributed by atoms with E-state index in [-0.39, 0.29) is 31.1 Å². The summed E-state index contributed by atoms with van der Waals surface area (Å²) in [5.41, 5.74) is 2.50. The first-order valence-corrected chi connectivity index (χ1v) is 9.88. The van der Waals surface area contributed by atoms with Gasteiger partial charge < -0.3 is 25.0 Å². The lowest BCUT2D eigenvalue weighted by Crippen LogP contribution is -2.66. The van der Waals surface area contributed by atoms with Crippen molar-refractivity contribution in [3.05, 3.63) is 34.4 Å². The summed E-state index contributed by atoms with van der Waals surface area (Å²) >= 11 is 0. The van der Waals surface area contributed by atoms with Crippen LogP contribution in [-0.4, -0.2) is 75.5 Å². The van der Waals surface area contributed by atoms with E-state index in [0.29, 0.717) is 24.2 Å². The van der Waals surface area contributed by atoms with Crippen LogP contribution in [0.5, 0.6) is 0 Å². The quantitative estimate of drug-likeness (QED) is 0.654. The van der Waals surface area contributed by atoms with Crippen LogP contribution < -0.4 is 0 Å². The molecular formula is C21H30N2O6. The van der Waals surface area contributed by atoms with Gasteiger partial charge in [0.25, 0.3) is 0 Å². The second-order valence-corrected chi connectivity index (χ2v) is 8.93. The summed E-state index contributed by atoms with van der Waals surface area (Å²) in [6.07, 6.45) is -1.83. The Morgan fingerprint density at radius 1 is 1.31 bits per heavy atom. The molecule has 29 heavy (non-hydrogen) atoms. The van der Waals surface area contributed by atoms with Crippen LogP contribution in [-0.2, 0) is 11.3 Å². The molecule has 3 rings (SSSR count). The largest absolute Gasteiger partial charge is 0.465 e. The molecule has 0 saturated carbocycles. The zero-order valence-corrected chi connectivity index (χ0v) is 17.4. The van der Waals surface area contributed by atoms with Crippen LogP contribution in [0.4, 0.5) is 4.79 Å². The summed E-state index contributed by atoms with van der Waals surface area (Å²) < 4.78 is 5.08. The predicted octanol–water partition coefficient (Wildman–Crippen LogP) is 1.77. The number of cyclic esters (lactones) is 1. The van der Waals surface area contributed by atoms with E-state index >= 15 is 0 Å². The number of carbonyl (C=O) groups excluding carboxylic acids is 1. The van der Waals surface area contributed by atoms with Crippen LogP contribution >= 0.6 is 0 Å². The topological polar surface area (TPSA) is 111 Å². The normalized spacial score (nSPS) is 23.7. The number of benzene rings is 1. The molecular weight excluding hydrogens is 376 g/mol. The van der Waals surface area contributed by atoms with Crippen LogP contribution in [0.1, 0.15) is 53.9 Å². The van der Waals surface area contributed by atoms with Gasteiger partial charge in [0.15, 0.2) is 0 Å². The molecule has 1 saturated heterocycles. The van der Waals surface area contributed by atoms with E-state index in [4.69, 9.17) is 4.74 Å². The summed E-state index contributed by atoms with van der Waals surface area (Å²) in [6.45, 7) is 8.74. The smallest absolute Gasteiger partial charge is 0.407 e. The molecule has 1 fully saturated rings. The second-order valence-electron chi connectivity index (χ2n) is 8.93. The highest BCUT2D eigenvalue weighted by atomic mass is 16.5. The summed E-state index contributed by atoms with van der Waals surface area (Å²) in [7, 11) is 0. The number of hydrogen-bond donors (Lipinski definition) is 3. The second kappa shape index (κ2) is 7.93. The van der Waals surface area contributed by atoms with Crippen LogP contribution in [0.15, 0.2) is 12.1 Å². The fourth-order valence-corrected chi connectivity index (χ4v) is 4.70. The fourth-order valence-electron chi connectivity index (χ4n) is 4.70. The number of piperazine rings is 1. The van der Waals surface area contributed by atoms with Gasteiger partial charge in [0.1, 0.15) is 6.61 Å². The molecule has 2 unspecified atom stereocenters. The number of amides is 1. The minimum absolute atomic E-state index is 0.204. The van der Waals surface area contributed by atoms with Gasteiger partial charge in [0.2, 0.25) is 0 Å². The number of hydrogen-bond acceptors (Lipinski definition) is 6. The lowest BCUT2D eigenvalue weighted by atomic mass is 9.79. The van der Waals surface area contributed by atoms with E-state index in [1.807, 2.05) is 32.6 Å². The number of esters is 1. The van der Waals surface area contributed by atoms with Gasteiger partial charge in [0.05, 0.1) is 30.4 Å². The number of fused-ring (bicyclic) bond motifs is 1. The molecule has 2 aliphatic heterocycles. The highest BCUT2D eigenvalue weighted by molar-refractivity contribution is 5.93. The number of aliphatic hydroxyl groups excluding tert-OH is 2. The molecule has 0 bridgehead atoms. The first kappa shape index (κ1) is 21.5. The van der Waals surface area contributed by atoms with Gasteiger partial charge in [-0.1, -0.05) is 26.8 Å². The van der Waals surface area contributed by atoms with E-state index in [9.17, 15) is 24.9 Å². The molecule has 0 spiro atoms. The number of carbonyl (C=O) groups is 2. The van der Waals surface area contributed by atoms with Crippen LogP contribution in [0.3, 0.4) is 0 Å². The molecule has 8 heteroatoms. The Labute approximate surface area is 170 Å². The zero-order valence-electron chi connectivity index (χ0n) is 17.4. The Hall–Kier alpha value is -2.16. The molecule has 0 radical (unpaired) electrons. The van der Waals surface area contributed by atoms with Gasteiger partial charge in [-0.25, -0.2) is 9.59 Å². The average molecular weight is 406 g/mol. The summed E-state index contributed by atoms with van der Waals surface area (Å²) in [6, 6.07) is 2.60. The lowest BCUT2D eigenvalue weighted by molar-refractivity contribution is -0.0540. The number of β-amino-alcohol motifs (C(OH)–C–C–N with tert-alkyl or cyclic N) is 1. The fraction of sp³-hybridized carbons (Fsp3) is 0.619. The third-order valence-electron chi connectivity index (χ3n) is 6.09. The third-order valence-corrected chi connectivity index (χ3v) is 6.09. The van der Waals surface area contributed by atoms with Gasteiger partial charge in [0, 0.05) is 25.2 Å². The average Bonchev–Trinajstić information content (AvgIpc) is 3.02. The van der Waals surface area contributed by atoms with E-state index in [1.165, 1.54) is 4.90 Å². The summed E-state index contributed by atoms with van der Waals surface area (Å²) in [5, 5.41) is 30.7. The zero-order chi connectivity index (χ0) is 21.5. The van der Waals surface area contributed by atoms with E-state index in [2.05, 4.69) is 0 Å². The van der Waals surface area contributed by atoms with Gasteiger partial charge in [-0.15, -0.1) is 0 Å². The van der Waals surface area contributed by atoms with E-state index < -0.39 is 24.3 Å². The Balaban J connectivity index is 1.84. The Morgan fingerprint density at radius 2 is 2.00 bits per heavy atom. The van der Waals surface area contributed by atoms with Crippen molar-refractivity contribution in [1.82, 2.24) is 9.80 Å². The summed E-state index contributed by atoms with van der Waals surface area (Å²) in [4.78, 5) is 26.8. The number of carboxylic acid groups (broad SMARTS) is 1. The lowest BCUT2D eigenvalue weighted by Gasteiger charge is -2.51. The van der Waals surface area contributed by atoms with Crippen molar-refractivity contribution >= 4 is 12.1 Å². The number of aliphatic hydroxyl groups is 2. The minimum Gasteiger partial charge on any atom is -0.465 e. The molecule has 1 amide bonds. The van der Waals surface area contributed by atoms with Gasteiger partial charge in [-0.3, -0.25) is 4.90 Å². The van der Waals surface area contributed by atoms with E-state index in [1.54, 1.807) is 12.1 Å². The van der Waals surface area contributed by atoms with Crippen molar-refractivity contribution in [2.45, 2.75) is 52.5 Å². The van der Waals surface area contributed by atoms with Crippen LogP contribution in [0, 0.1) is 12.3 Å². The monoisotopic (exact) mass is 406 g/mol. The van der Waals surface area contributed by atoms with Crippen molar-refractivity contribution in [3.63, 3.8) is 0 Å². The predicted molar refractivity (Wildman–Crippen MR) is 106 cm³/mol. The number of rotatable bonds is 4. The molecule has 1 aromatic rings. The standard InChI is InChI=1S/C21H30N2O6/c1-12-13(5-6-14-15(12)11-29-19(14)26)17(25)9-22-7-8-23(20(27)28)18(16(22)10-24)21(2,3)4/h5-6,16-18,24-25H,7-11H2,1-4H3,(H,27,28)/t16-,17?,18?/m1/s1. The van der Waals surface area contributed by atoms with Gasteiger partial charge in [-0.2, -0.15) is 0 Å². The SMILES string of the molecule is Cc1c(C(O)CN2CCN(C(=O)O)C(C(C)(C)C)[C@H]2CO)ccc2c1COC2=O. The number of ether oxygens (including phenoxy) is 1. The molecule has 0 aliphatic carbocycles. The van der Waals surface area contributed by atoms with Crippen molar-refractivity contribution in [1.29, 1.82) is 0 Å². The number of nitrogens with zero attached hydrogens (tertiary/aromatic N) is 2. The van der Waals surface area contributed by atoms with Crippen molar-refractivity contribution in [3.8, 4) is 0 Å². The van der Waals surface area contributed by atoms with E-state index in [0.717, 1.165) is 11.1 Å². The maximum atomic E-state index is 11.7. The van der Waals surface area contributed by atoms with Crippen molar-refractivity contribution in [2.75, 3.05) is 26.2 Å². The van der Waals surface area contributed by atoms with Crippen LogP contribution in [0.25, 0.3) is 0 Å². The molecule has 2 heterocycles. The first-order valence-electron chi connectivity index (χ1n) is 9.88. The Morgan fingerprint density at radius 3 is 2.59 bits per heavy atom. The van der Waals surface area contributed by atoms with Crippen molar-refractivity contribution in [2.24, 2.45) is 5.41 Å². The molecule has 3 atom stereocenters. The van der Waals surface area contributed by atoms with Crippen LogP contribution in [0.2, 0.25) is 0 Å². The maximum Gasteiger partial charge on any atom is 0.407 e. The Kier molecular flexibility index (Phi) is 5.89. The molecule has 3 N–H and O–H groups in total. The highest BCUT2D eigenvalue weighted by Gasteiger charge is 2.45. The van der Waals surface area contributed by atoms with Crippen molar-refractivity contribution < 1.29 is 29.6 Å².